The van der Waals surface area contributed by atoms with E-state index in [1.165, 1.54) is 4.31 Å². The molecular formula is C22H32N4O3S. The van der Waals surface area contributed by atoms with Crippen LogP contribution in [-0.4, -0.2) is 59.5 Å². The first-order valence-corrected chi connectivity index (χ1v) is 12.0. The molecule has 1 fully saturated rings. The molecule has 164 valence electrons. The summed E-state index contributed by atoms with van der Waals surface area (Å²) in [5.41, 5.74) is 3.27. The zero-order valence-corrected chi connectivity index (χ0v) is 19.2. The number of sulfonamides is 1. The van der Waals surface area contributed by atoms with Crippen LogP contribution in [0.15, 0.2) is 35.2 Å². The fraction of sp³-hybridized carbons (Fsp3) is 0.545. The van der Waals surface area contributed by atoms with Crippen molar-refractivity contribution >= 4 is 15.9 Å². The third kappa shape index (κ3) is 4.92. The molecule has 2 heterocycles. The average Bonchev–Trinajstić information content (AvgIpc) is 2.99. The van der Waals surface area contributed by atoms with Gasteiger partial charge in [0.15, 0.2) is 0 Å². The lowest BCUT2D eigenvalue weighted by Gasteiger charge is -2.34. The Morgan fingerprint density at radius 1 is 1.07 bits per heavy atom. The highest BCUT2D eigenvalue weighted by atomic mass is 32.2. The van der Waals surface area contributed by atoms with Crippen molar-refractivity contribution < 1.29 is 13.2 Å². The van der Waals surface area contributed by atoms with E-state index < -0.39 is 10.0 Å². The highest BCUT2D eigenvalue weighted by Gasteiger charge is 2.30. The van der Waals surface area contributed by atoms with Gasteiger partial charge in [-0.15, -0.1) is 0 Å². The summed E-state index contributed by atoms with van der Waals surface area (Å²) in [4.78, 5) is 14.8. The second-order valence-electron chi connectivity index (χ2n) is 8.32. The van der Waals surface area contributed by atoms with Crippen LogP contribution in [0.2, 0.25) is 0 Å². The minimum absolute atomic E-state index is 0.0715. The maximum Gasteiger partial charge on any atom is 0.243 e. The molecule has 3 rings (SSSR count). The smallest absolute Gasteiger partial charge is 0.243 e. The van der Waals surface area contributed by atoms with E-state index in [9.17, 15) is 13.2 Å². The van der Waals surface area contributed by atoms with Crippen LogP contribution in [0.4, 0.5) is 0 Å². The number of rotatable bonds is 7. The lowest BCUT2D eigenvalue weighted by atomic mass is 10.1. The number of piperazine rings is 1. The molecule has 0 atom stereocenters. The maximum absolute atomic E-state index is 12.7. The molecule has 1 aliphatic heterocycles. The van der Waals surface area contributed by atoms with Crippen LogP contribution in [0, 0.1) is 19.8 Å². The van der Waals surface area contributed by atoms with Gasteiger partial charge in [0.2, 0.25) is 15.9 Å². The van der Waals surface area contributed by atoms with Gasteiger partial charge in [-0.1, -0.05) is 32.0 Å². The van der Waals surface area contributed by atoms with E-state index in [-0.39, 0.29) is 5.91 Å². The van der Waals surface area contributed by atoms with Gasteiger partial charge < -0.3 is 4.90 Å². The Morgan fingerprint density at radius 2 is 1.70 bits per heavy atom. The van der Waals surface area contributed by atoms with Crippen molar-refractivity contribution in [2.24, 2.45) is 5.92 Å². The van der Waals surface area contributed by atoms with E-state index in [1.807, 2.05) is 11.6 Å². The average molecular weight is 433 g/mol. The molecule has 8 heteroatoms. The summed E-state index contributed by atoms with van der Waals surface area (Å²) in [5.74, 6) is 0.586. The molecule has 1 aromatic carbocycles. The Bertz CT molecular complexity index is 975. The van der Waals surface area contributed by atoms with Gasteiger partial charge in [0.1, 0.15) is 0 Å². The van der Waals surface area contributed by atoms with E-state index >= 15 is 0 Å². The summed E-state index contributed by atoms with van der Waals surface area (Å²) < 4.78 is 29.0. The van der Waals surface area contributed by atoms with Crippen molar-refractivity contribution in [1.29, 1.82) is 0 Å². The van der Waals surface area contributed by atoms with Crippen molar-refractivity contribution in [3.8, 4) is 0 Å². The zero-order chi connectivity index (χ0) is 21.9. The molecule has 0 spiro atoms. The summed E-state index contributed by atoms with van der Waals surface area (Å²) in [5, 5.41) is 4.62. The first-order chi connectivity index (χ1) is 14.2. The largest absolute Gasteiger partial charge is 0.340 e. The van der Waals surface area contributed by atoms with Gasteiger partial charge in [-0.3, -0.25) is 9.48 Å². The topological polar surface area (TPSA) is 75.5 Å². The summed E-state index contributed by atoms with van der Waals surface area (Å²) in [6.07, 6.45) is 1.08. The number of nitrogens with zero attached hydrogens (tertiary/aromatic N) is 4. The Morgan fingerprint density at radius 3 is 2.30 bits per heavy atom. The van der Waals surface area contributed by atoms with Gasteiger partial charge in [0.25, 0.3) is 0 Å². The monoisotopic (exact) mass is 432 g/mol. The molecule has 0 bridgehead atoms. The molecule has 1 aliphatic rings. The molecule has 1 aromatic heterocycles. The predicted molar refractivity (Wildman–Crippen MR) is 117 cm³/mol. The molecule has 0 N–H and O–H groups in total. The van der Waals surface area contributed by atoms with E-state index in [0.29, 0.717) is 49.8 Å². The predicted octanol–water partition coefficient (Wildman–Crippen LogP) is 2.62. The number of hydrogen-bond donors (Lipinski definition) is 0. The van der Waals surface area contributed by atoms with Gasteiger partial charge in [0, 0.05) is 44.8 Å². The van der Waals surface area contributed by atoms with E-state index in [2.05, 4.69) is 25.9 Å². The van der Waals surface area contributed by atoms with Crippen LogP contribution < -0.4 is 0 Å². The molecule has 1 saturated heterocycles. The zero-order valence-electron chi connectivity index (χ0n) is 18.3. The van der Waals surface area contributed by atoms with Crippen LogP contribution in [0.3, 0.4) is 0 Å². The molecular weight excluding hydrogens is 400 g/mol. The van der Waals surface area contributed by atoms with Crippen molar-refractivity contribution in [3.63, 3.8) is 0 Å². The van der Waals surface area contributed by atoms with Gasteiger partial charge in [-0.2, -0.15) is 9.40 Å². The second-order valence-corrected chi connectivity index (χ2v) is 10.3. The first-order valence-electron chi connectivity index (χ1n) is 10.6. The lowest BCUT2D eigenvalue weighted by molar-refractivity contribution is -0.132. The standard InChI is InChI=1S/C22H32N4O3S/c1-17(2)16-26-19(4)21(18(3)23-26)10-11-22(27)24-12-14-25(15-13-24)30(28,29)20-8-6-5-7-9-20/h5-9,17H,10-16H2,1-4H3. The fourth-order valence-electron chi connectivity index (χ4n) is 3.93. The highest BCUT2D eigenvalue weighted by Crippen LogP contribution is 2.19. The van der Waals surface area contributed by atoms with Crippen molar-refractivity contribution in [3.05, 3.63) is 47.3 Å². The van der Waals surface area contributed by atoms with Crippen LogP contribution >= 0.6 is 0 Å². The van der Waals surface area contributed by atoms with Crippen molar-refractivity contribution in [2.75, 3.05) is 26.2 Å². The van der Waals surface area contributed by atoms with Crippen LogP contribution in [0.25, 0.3) is 0 Å². The summed E-state index contributed by atoms with van der Waals surface area (Å²) in [7, 11) is -3.50. The molecule has 30 heavy (non-hydrogen) atoms. The molecule has 2 aromatic rings. The minimum Gasteiger partial charge on any atom is -0.340 e. The number of carbonyl (C=O) groups excluding carboxylic acids is 1. The third-order valence-electron chi connectivity index (χ3n) is 5.63. The molecule has 7 nitrogen and oxygen atoms in total. The highest BCUT2D eigenvalue weighted by molar-refractivity contribution is 7.89. The molecule has 0 saturated carbocycles. The Balaban J connectivity index is 1.56. The summed E-state index contributed by atoms with van der Waals surface area (Å²) in [6.45, 7) is 10.8. The number of carbonyl (C=O) groups is 1. The Hall–Kier alpha value is -2.19. The Labute approximate surface area is 179 Å². The normalized spacial score (nSPS) is 15.7. The van der Waals surface area contributed by atoms with Crippen molar-refractivity contribution in [1.82, 2.24) is 19.0 Å². The number of hydrogen-bond acceptors (Lipinski definition) is 4. The van der Waals surface area contributed by atoms with E-state index in [0.717, 1.165) is 23.5 Å². The quantitative estimate of drug-likeness (QED) is 0.674. The third-order valence-corrected chi connectivity index (χ3v) is 7.54. The maximum atomic E-state index is 12.7. The van der Waals surface area contributed by atoms with Gasteiger partial charge in [-0.05, 0) is 43.9 Å². The minimum atomic E-state index is -3.50. The Kier molecular flexibility index (Phi) is 6.98. The van der Waals surface area contributed by atoms with Crippen LogP contribution in [0.5, 0.6) is 0 Å². The van der Waals surface area contributed by atoms with Crippen LogP contribution in [-0.2, 0) is 27.8 Å². The second kappa shape index (κ2) is 9.31. The summed E-state index contributed by atoms with van der Waals surface area (Å²) in [6, 6.07) is 8.46. The van der Waals surface area contributed by atoms with E-state index in [1.54, 1.807) is 35.2 Å². The molecule has 0 unspecified atom stereocenters. The SMILES string of the molecule is Cc1nn(CC(C)C)c(C)c1CCC(=O)N1CCN(S(=O)(=O)c2ccccc2)CC1. The van der Waals surface area contributed by atoms with Crippen molar-refractivity contribution in [2.45, 2.75) is 52.0 Å². The van der Waals surface area contributed by atoms with Gasteiger partial charge in [-0.25, -0.2) is 8.42 Å². The van der Waals surface area contributed by atoms with Crippen LogP contribution in [0.1, 0.15) is 37.2 Å². The molecule has 0 aliphatic carbocycles. The number of aromatic nitrogens is 2. The number of benzene rings is 1. The lowest BCUT2D eigenvalue weighted by Crippen LogP contribution is -2.50. The van der Waals surface area contributed by atoms with Gasteiger partial charge in [0.05, 0.1) is 10.6 Å². The fourth-order valence-corrected chi connectivity index (χ4v) is 5.37. The molecule has 1 amide bonds. The van der Waals surface area contributed by atoms with E-state index in [4.69, 9.17) is 0 Å². The molecule has 0 radical (unpaired) electrons. The number of aryl methyl sites for hydroxylation is 1. The summed E-state index contributed by atoms with van der Waals surface area (Å²) >= 11 is 0. The van der Waals surface area contributed by atoms with Gasteiger partial charge >= 0.3 is 0 Å². The first kappa shape index (κ1) is 22.5. The number of amides is 1.